The number of hydrogen-bond acceptors (Lipinski definition) is 4. The van der Waals surface area contributed by atoms with E-state index in [1.165, 1.54) is 17.7 Å². The van der Waals surface area contributed by atoms with Gasteiger partial charge in [-0.3, -0.25) is 4.79 Å². The van der Waals surface area contributed by atoms with E-state index in [9.17, 15) is 9.18 Å². The summed E-state index contributed by atoms with van der Waals surface area (Å²) in [6.07, 6.45) is 7.58. The van der Waals surface area contributed by atoms with E-state index in [2.05, 4.69) is 10.3 Å². The van der Waals surface area contributed by atoms with Crippen LogP contribution in [0.2, 0.25) is 0 Å². The van der Waals surface area contributed by atoms with Crippen molar-refractivity contribution in [1.82, 2.24) is 20.2 Å². The Morgan fingerprint density at radius 1 is 1.21 bits per heavy atom. The lowest BCUT2D eigenvalue weighted by Crippen LogP contribution is -2.44. The highest BCUT2D eigenvalue weighted by Gasteiger charge is 2.46. The van der Waals surface area contributed by atoms with E-state index in [0.717, 1.165) is 75.2 Å². The summed E-state index contributed by atoms with van der Waals surface area (Å²) in [7, 11) is 0. The number of nitrogens with one attached hydrogen (secondary N) is 1. The number of rotatable bonds is 3. The molecule has 1 aromatic heterocycles. The van der Waals surface area contributed by atoms with Gasteiger partial charge < -0.3 is 10.2 Å². The van der Waals surface area contributed by atoms with Gasteiger partial charge in [-0.2, -0.15) is 0 Å². The fourth-order valence-electron chi connectivity index (χ4n) is 5.28. The third-order valence-electron chi connectivity index (χ3n) is 6.93. The van der Waals surface area contributed by atoms with Crippen molar-refractivity contribution in [3.63, 3.8) is 0 Å². The first-order chi connectivity index (χ1) is 14.2. The highest BCUT2D eigenvalue weighted by Crippen LogP contribution is 2.44. The molecule has 6 heteroatoms. The molecule has 2 aliphatic heterocycles. The Labute approximate surface area is 170 Å². The lowest BCUT2D eigenvalue weighted by Gasteiger charge is -2.33. The molecule has 5 rings (SSSR count). The number of fused-ring (bicyclic) bond motifs is 1. The molecular formula is C23H27FN4O. The average Bonchev–Trinajstić information content (AvgIpc) is 3.44. The van der Waals surface area contributed by atoms with Crippen LogP contribution in [0.3, 0.4) is 0 Å². The quantitative estimate of drug-likeness (QED) is 0.869. The van der Waals surface area contributed by atoms with Gasteiger partial charge in [-0.15, -0.1) is 0 Å². The number of carbonyl (C=O) groups is 1. The molecular weight excluding hydrogens is 367 g/mol. The second-order valence-corrected chi connectivity index (χ2v) is 8.66. The van der Waals surface area contributed by atoms with Gasteiger partial charge >= 0.3 is 0 Å². The maximum absolute atomic E-state index is 13.6. The molecule has 3 heterocycles. The number of likely N-dealkylation sites (tertiary alicyclic amines) is 1. The Hall–Kier alpha value is -2.34. The molecule has 1 aliphatic carbocycles. The van der Waals surface area contributed by atoms with Crippen molar-refractivity contribution in [1.29, 1.82) is 0 Å². The van der Waals surface area contributed by atoms with Crippen molar-refractivity contribution in [2.75, 3.05) is 19.6 Å². The molecule has 1 atom stereocenters. The van der Waals surface area contributed by atoms with Crippen LogP contribution in [0.25, 0.3) is 0 Å². The molecule has 1 saturated heterocycles. The molecule has 29 heavy (non-hydrogen) atoms. The summed E-state index contributed by atoms with van der Waals surface area (Å²) in [6.45, 7) is 3.22. The van der Waals surface area contributed by atoms with Crippen LogP contribution in [0.5, 0.6) is 0 Å². The van der Waals surface area contributed by atoms with E-state index < -0.39 is 5.41 Å². The smallest absolute Gasteiger partial charge is 0.233 e. The minimum Gasteiger partial charge on any atom is -0.341 e. The fourth-order valence-corrected chi connectivity index (χ4v) is 5.28. The lowest BCUT2D eigenvalue weighted by molar-refractivity contribution is -0.136. The Kier molecular flexibility index (Phi) is 4.82. The van der Waals surface area contributed by atoms with Crippen LogP contribution in [0.15, 0.2) is 30.5 Å². The van der Waals surface area contributed by atoms with Crippen molar-refractivity contribution in [3.8, 4) is 0 Å². The number of carbonyl (C=O) groups excluding carboxylic acids is 1. The molecule has 152 valence electrons. The number of aromatic nitrogens is 2. The van der Waals surface area contributed by atoms with Crippen molar-refractivity contribution in [3.05, 3.63) is 58.9 Å². The number of hydrogen-bond donors (Lipinski definition) is 1. The summed E-state index contributed by atoms with van der Waals surface area (Å²) in [6, 6.07) is 6.55. The van der Waals surface area contributed by atoms with Crippen molar-refractivity contribution < 1.29 is 9.18 Å². The molecule has 2 fully saturated rings. The minimum absolute atomic E-state index is 0.200. The van der Waals surface area contributed by atoms with Crippen LogP contribution < -0.4 is 5.32 Å². The zero-order valence-corrected chi connectivity index (χ0v) is 16.7. The van der Waals surface area contributed by atoms with Crippen LogP contribution in [0, 0.1) is 5.82 Å². The maximum atomic E-state index is 13.6. The first kappa shape index (κ1) is 18.7. The van der Waals surface area contributed by atoms with Crippen LogP contribution >= 0.6 is 0 Å². The van der Waals surface area contributed by atoms with Gasteiger partial charge in [-0.05, 0) is 37.0 Å². The first-order valence-corrected chi connectivity index (χ1v) is 10.8. The molecule has 0 unspecified atom stereocenters. The lowest BCUT2D eigenvalue weighted by atomic mass is 9.77. The van der Waals surface area contributed by atoms with Crippen molar-refractivity contribution >= 4 is 5.91 Å². The van der Waals surface area contributed by atoms with E-state index in [-0.39, 0.29) is 17.6 Å². The summed E-state index contributed by atoms with van der Waals surface area (Å²) in [5, 5.41) is 3.35. The maximum Gasteiger partial charge on any atom is 0.233 e. The van der Waals surface area contributed by atoms with Gasteiger partial charge in [-0.1, -0.05) is 25.0 Å². The number of halogens is 1. The summed E-state index contributed by atoms with van der Waals surface area (Å²) in [4.78, 5) is 25.1. The molecule has 1 saturated carbocycles. The van der Waals surface area contributed by atoms with Crippen LogP contribution in [-0.2, 0) is 23.2 Å². The van der Waals surface area contributed by atoms with Gasteiger partial charge in [0.2, 0.25) is 5.91 Å². The van der Waals surface area contributed by atoms with E-state index in [4.69, 9.17) is 4.98 Å². The predicted molar refractivity (Wildman–Crippen MR) is 108 cm³/mol. The summed E-state index contributed by atoms with van der Waals surface area (Å²) < 4.78 is 13.4. The van der Waals surface area contributed by atoms with E-state index in [1.54, 1.807) is 12.1 Å². The predicted octanol–water partition coefficient (Wildman–Crippen LogP) is 3.09. The van der Waals surface area contributed by atoms with E-state index >= 15 is 0 Å². The van der Waals surface area contributed by atoms with Gasteiger partial charge in [0.25, 0.3) is 0 Å². The zero-order chi connectivity index (χ0) is 19.8. The van der Waals surface area contributed by atoms with Gasteiger partial charge in [0.05, 0.1) is 5.41 Å². The topological polar surface area (TPSA) is 58.1 Å². The van der Waals surface area contributed by atoms with Crippen LogP contribution in [0.4, 0.5) is 4.39 Å². The molecule has 0 spiro atoms. The molecule has 2 aromatic rings. The highest BCUT2D eigenvalue weighted by molar-refractivity contribution is 5.89. The van der Waals surface area contributed by atoms with E-state index in [1.807, 2.05) is 11.1 Å². The minimum atomic E-state index is -0.495. The standard InChI is InChI=1S/C23H27FN4O/c24-19-5-3-18(4-6-19)23(9-1-2-10-23)22(29)28-12-8-16(15-28)21-26-14-17-13-25-11-7-20(17)27-21/h3-6,14,16,25H,1-2,7-13,15H2/t16-/m0/s1. The summed E-state index contributed by atoms with van der Waals surface area (Å²) in [5.74, 6) is 1.02. The van der Waals surface area contributed by atoms with Gasteiger partial charge in [0.15, 0.2) is 0 Å². The Morgan fingerprint density at radius 3 is 2.79 bits per heavy atom. The third-order valence-corrected chi connectivity index (χ3v) is 6.93. The molecule has 1 N–H and O–H groups in total. The highest BCUT2D eigenvalue weighted by atomic mass is 19.1. The number of nitrogens with zero attached hydrogens (tertiary/aromatic N) is 3. The van der Waals surface area contributed by atoms with Crippen molar-refractivity contribution in [2.45, 2.75) is 56.4 Å². The monoisotopic (exact) mass is 394 g/mol. The normalized spacial score (nSPS) is 23.2. The second-order valence-electron chi connectivity index (χ2n) is 8.66. The Balaban J connectivity index is 1.36. The molecule has 0 radical (unpaired) electrons. The fraction of sp³-hybridized carbons (Fsp3) is 0.522. The van der Waals surface area contributed by atoms with Gasteiger partial charge in [0, 0.05) is 56.0 Å². The molecule has 3 aliphatic rings. The zero-order valence-electron chi connectivity index (χ0n) is 16.7. The largest absolute Gasteiger partial charge is 0.341 e. The van der Waals surface area contributed by atoms with E-state index in [0.29, 0.717) is 6.54 Å². The number of benzene rings is 1. The Bertz CT molecular complexity index is 908. The second kappa shape index (κ2) is 7.48. The first-order valence-electron chi connectivity index (χ1n) is 10.8. The molecule has 1 aromatic carbocycles. The third kappa shape index (κ3) is 3.33. The Morgan fingerprint density at radius 2 is 2.00 bits per heavy atom. The SMILES string of the molecule is O=C(N1CC[C@H](c2ncc3c(n2)CCNC3)C1)C1(c2ccc(F)cc2)CCCC1. The molecule has 1 amide bonds. The van der Waals surface area contributed by atoms with Crippen LogP contribution in [0.1, 0.15) is 60.7 Å². The van der Waals surface area contributed by atoms with Gasteiger partial charge in [-0.25, -0.2) is 14.4 Å². The molecule has 0 bridgehead atoms. The van der Waals surface area contributed by atoms with Gasteiger partial charge in [0.1, 0.15) is 11.6 Å². The average molecular weight is 394 g/mol. The summed E-state index contributed by atoms with van der Waals surface area (Å²) >= 11 is 0. The van der Waals surface area contributed by atoms with Crippen molar-refractivity contribution in [2.24, 2.45) is 0 Å². The van der Waals surface area contributed by atoms with Crippen LogP contribution in [-0.4, -0.2) is 40.4 Å². The summed E-state index contributed by atoms with van der Waals surface area (Å²) in [5.41, 5.74) is 2.80. The molecule has 5 nitrogen and oxygen atoms in total. The number of amides is 1.